The Morgan fingerprint density at radius 3 is 2.33 bits per heavy atom. The fraction of sp³-hybridized carbons (Fsp3) is 0.0909. The summed E-state index contributed by atoms with van der Waals surface area (Å²) >= 11 is 5.39. The standard InChI is InChI=1S/C11H9ClO3/c12-7-10(13)9-4-1-8(2-5-9)3-6-11(14)15/h1-6H,7H2,(H,14,15). The molecule has 1 rings (SSSR count). The molecule has 0 aliphatic carbocycles. The summed E-state index contributed by atoms with van der Waals surface area (Å²) in [5.41, 5.74) is 1.25. The molecule has 0 aliphatic heterocycles. The van der Waals surface area contributed by atoms with Crippen molar-refractivity contribution in [3.05, 3.63) is 41.5 Å². The van der Waals surface area contributed by atoms with Gasteiger partial charge in [0.15, 0.2) is 5.78 Å². The summed E-state index contributed by atoms with van der Waals surface area (Å²) in [5.74, 6) is -1.20. The van der Waals surface area contributed by atoms with Crippen molar-refractivity contribution >= 4 is 29.4 Å². The number of hydrogen-bond acceptors (Lipinski definition) is 2. The Morgan fingerprint density at radius 1 is 1.27 bits per heavy atom. The second-order valence-electron chi connectivity index (χ2n) is 2.85. The Hall–Kier alpha value is -1.61. The van der Waals surface area contributed by atoms with Gasteiger partial charge in [-0.15, -0.1) is 11.6 Å². The minimum atomic E-state index is -1.00. The van der Waals surface area contributed by atoms with Gasteiger partial charge in [0.05, 0.1) is 5.88 Å². The van der Waals surface area contributed by atoms with E-state index >= 15 is 0 Å². The van der Waals surface area contributed by atoms with E-state index in [0.29, 0.717) is 5.56 Å². The lowest BCUT2D eigenvalue weighted by Gasteiger charge is -1.97. The third-order valence-electron chi connectivity index (χ3n) is 1.77. The topological polar surface area (TPSA) is 54.4 Å². The Labute approximate surface area is 92.0 Å². The molecule has 0 atom stereocenters. The zero-order chi connectivity index (χ0) is 11.3. The van der Waals surface area contributed by atoms with Crippen molar-refractivity contribution < 1.29 is 14.7 Å². The van der Waals surface area contributed by atoms with Crippen LogP contribution in [-0.4, -0.2) is 22.7 Å². The van der Waals surface area contributed by atoms with Crippen LogP contribution in [0.25, 0.3) is 6.08 Å². The molecule has 1 aromatic rings. The minimum Gasteiger partial charge on any atom is -0.478 e. The first-order valence-corrected chi connectivity index (χ1v) is 4.77. The molecule has 15 heavy (non-hydrogen) atoms. The lowest BCUT2D eigenvalue weighted by Crippen LogP contribution is -1.99. The highest BCUT2D eigenvalue weighted by Crippen LogP contribution is 2.07. The number of rotatable bonds is 4. The molecule has 78 valence electrons. The predicted octanol–water partition coefficient (Wildman–Crippen LogP) is 2.21. The van der Waals surface area contributed by atoms with Crippen molar-refractivity contribution in [1.82, 2.24) is 0 Å². The van der Waals surface area contributed by atoms with Crippen LogP contribution in [0.15, 0.2) is 30.3 Å². The number of hydrogen-bond donors (Lipinski definition) is 1. The zero-order valence-corrected chi connectivity index (χ0v) is 8.57. The first kappa shape index (κ1) is 11.5. The van der Waals surface area contributed by atoms with E-state index in [0.717, 1.165) is 11.6 Å². The number of halogens is 1. The van der Waals surface area contributed by atoms with Crippen LogP contribution in [0.1, 0.15) is 15.9 Å². The summed E-state index contributed by atoms with van der Waals surface area (Å²) in [6.45, 7) is 0. The van der Waals surface area contributed by atoms with E-state index in [1.165, 1.54) is 6.08 Å². The molecule has 0 spiro atoms. The van der Waals surface area contributed by atoms with Gasteiger partial charge in [0, 0.05) is 11.6 Å². The maximum atomic E-state index is 11.1. The molecule has 0 saturated heterocycles. The van der Waals surface area contributed by atoms with Crippen LogP contribution in [-0.2, 0) is 4.79 Å². The Morgan fingerprint density at radius 2 is 1.87 bits per heavy atom. The highest BCUT2D eigenvalue weighted by atomic mass is 35.5. The Bertz CT molecular complexity index is 393. The summed E-state index contributed by atoms with van der Waals surface area (Å²) < 4.78 is 0. The van der Waals surface area contributed by atoms with Crippen LogP contribution >= 0.6 is 11.6 Å². The van der Waals surface area contributed by atoms with Crippen molar-refractivity contribution in [2.75, 3.05) is 5.88 Å². The number of aliphatic carboxylic acids is 1. The average Bonchev–Trinajstić information content (AvgIpc) is 2.26. The van der Waals surface area contributed by atoms with E-state index in [2.05, 4.69) is 0 Å². The van der Waals surface area contributed by atoms with Gasteiger partial charge in [-0.25, -0.2) is 4.79 Å². The summed E-state index contributed by atoms with van der Waals surface area (Å²) in [5, 5.41) is 8.40. The number of carboxylic acid groups (broad SMARTS) is 1. The van der Waals surface area contributed by atoms with Crippen LogP contribution in [0.3, 0.4) is 0 Å². The first-order valence-electron chi connectivity index (χ1n) is 4.23. The average molecular weight is 225 g/mol. The van der Waals surface area contributed by atoms with E-state index in [9.17, 15) is 9.59 Å². The van der Waals surface area contributed by atoms with Gasteiger partial charge in [-0.05, 0) is 11.6 Å². The molecule has 0 aliphatic rings. The third kappa shape index (κ3) is 3.56. The van der Waals surface area contributed by atoms with Crippen molar-refractivity contribution in [3.63, 3.8) is 0 Å². The van der Waals surface area contributed by atoms with Crippen molar-refractivity contribution in [2.45, 2.75) is 0 Å². The molecule has 0 bridgehead atoms. The number of carbonyl (C=O) groups excluding carboxylic acids is 1. The molecule has 0 aromatic heterocycles. The number of carbonyl (C=O) groups is 2. The SMILES string of the molecule is O=C(O)C=Cc1ccc(C(=O)CCl)cc1. The summed E-state index contributed by atoms with van der Waals surface area (Å²) in [4.78, 5) is 21.4. The van der Waals surface area contributed by atoms with Crippen LogP contribution in [0, 0.1) is 0 Å². The van der Waals surface area contributed by atoms with Crippen molar-refractivity contribution in [3.8, 4) is 0 Å². The van der Waals surface area contributed by atoms with Crippen LogP contribution in [0.2, 0.25) is 0 Å². The van der Waals surface area contributed by atoms with Gasteiger partial charge in [-0.1, -0.05) is 24.3 Å². The van der Waals surface area contributed by atoms with Gasteiger partial charge in [0.25, 0.3) is 0 Å². The smallest absolute Gasteiger partial charge is 0.328 e. The molecule has 0 fully saturated rings. The van der Waals surface area contributed by atoms with Gasteiger partial charge >= 0.3 is 5.97 Å². The highest BCUT2D eigenvalue weighted by Gasteiger charge is 2.02. The largest absolute Gasteiger partial charge is 0.478 e. The highest BCUT2D eigenvalue weighted by molar-refractivity contribution is 6.30. The molecular formula is C11H9ClO3. The minimum absolute atomic E-state index is 0.0513. The lowest BCUT2D eigenvalue weighted by atomic mass is 10.1. The number of benzene rings is 1. The van der Waals surface area contributed by atoms with E-state index in [-0.39, 0.29) is 11.7 Å². The zero-order valence-electron chi connectivity index (χ0n) is 7.81. The van der Waals surface area contributed by atoms with Gasteiger partial charge in [-0.3, -0.25) is 4.79 Å². The molecule has 0 amide bonds. The molecular weight excluding hydrogens is 216 g/mol. The predicted molar refractivity (Wildman–Crippen MR) is 58.2 cm³/mol. The second-order valence-corrected chi connectivity index (χ2v) is 3.12. The number of ketones is 1. The van der Waals surface area contributed by atoms with Crippen LogP contribution in [0.5, 0.6) is 0 Å². The number of alkyl halides is 1. The van der Waals surface area contributed by atoms with E-state index < -0.39 is 5.97 Å². The van der Waals surface area contributed by atoms with Crippen LogP contribution < -0.4 is 0 Å². The van der Waals surface area contributed by atoms with Crippen molar-refractivity contribution in [1.29, 1.82) is 0 Å². The molecule has 4 heteroatoms. The summed E-state index contributed by atoms with van der Waals surface area (Å²) in [6.07, 6.45) is 2.50. The third-order valence-corrected chi connectivity index (χ3v) is 2.02. The molecule has 1 N–H and O–H groups in total. The monoisotopic (exact) mass is 224 g/mol. The fourth-order valence-corrected chi connectivity index (χ4v) is 1.18. The quantitative estimate of drug-likeness (QED) is 0.485. The normalized spacial score (nSPS) is 10.5. The molecule has 0 heterocycles. The second kappa shape index (κ2) is 5.32. The first-order chi connectivity index (χ1) is 7.13. The summed E-state index contributed by atoms with van der Waals surface area (Å²) in [7, 11) is 0. The maximum absolute atomic E-state index is 11.1. The van der Waals surface area contributed by atoms with E-state index in [1.54, 1.807) is 24.3 Å². The van der Waals surface area contributed by atoms with Crippen molar-refractivity contribution in [2.24, 2.45) is 0 Å². The number of carboxylic acids is 1. The Kier molecular flexibility index (Phi) is 4.06. The fourth-order valence-electron chi connectivity index (χ4n) is 1.02. The molecule has 1 aromatic carbocycles. The van der Waals surface area contributed by atoms with Crippen LogP contribution in [0.4, 0.5) is 0 Å². The Balaban J connectivity index is 2.81. The van der Waals surface area contributed by atoms with Gasteiger partial charge in [0.2, 0.25) is 0 Å². The molecule has 3 nitrogen and oxygen atoms in total. The molecule has 0 saturated carbocycles. The van der Waals surface area contributed by atoms with E-state index in [4.69, 9.17) is 16.7 Å². The molecule has 0 radical (unpaired) electrons. The van der Waals surface area contributed by atoms with E-state index in [1.807, 2.05) is 0 Å². The van der Waals surface area contributed by atoms with Gasteiger partial charge in [-0.2, -0.15) is 0 Å². The van der Waals surface area contributed by atoms with Gasteiger partial charge < -0.3 is 5.11 Å². The lowest BCUT2D eigenvalue weighted by molar-refractivity contribution is -0.131. The number of Topliss-reactive ketones (excluding diaryl/α,β-unsaturated/α-hetero) is 1. The summed E-state index contributed by atoms with van der Waals surface area (Å²) in [6, 6.07) is 6.57. The maximum Gasteiger partial charge on any atom is 0.328 e. The van der Waals surface area contributed by atoms with Gasteiger partial charge in [0.1, 0.15) is 0 Å². The molecule has 0 unspecified atom stereocenters.